The van der Waals surface area contributed by atoms with Gasteiger partial charge in [-0.2, -0.15) is 0 Å². The molecule has 1 N–H and O–H groups in total. The number of nitrogens with one attached hydrogen (secondary N) is 1. The molecule has 128 valence electrons. The molecule has 0 bridgehead atoms. The van der Waals surface area contributed by atoms with Crippen molar-refractivity contribution >= 4 is 39.3 Å². The van der Waals surface area contributed by atoms with E-state index in [1.54, 1.807) is 0 Å². The van der Waals surface area contributed by atoms with Gasteiger partial charge in [0.2, 0.25) is 5.91 Å². The first-order chi connectivity index (χ1) is 12.0. The summed E-state index contributed by atoms with van der Waals surface area (Å²) in [5, 5.41) is 12.1. The maximum atomic E-state index is 12.1. The predicted octanol–water partition coefficient (Wildman–Crippen LogP) is 4.28. The number of rotatable bonds is 5. The van der Waals surface area contributed by atoms with E-state index in [4.69, 9.17) is 0 Å². The molecule has 5 nitrogen and oxygen atoms in total. The van der Waals surface area contributed by atoms with Crippen LogP contribution in [0.3, 0.4) is 0 Å². The topological polar surface area (TPSA) is 59.8 Å². The number of carbonyl (C=O) groups excluding carboxylic acids is 1. The van der Waals surface area contributed by atoms with Crippen molar-refractivity contribution in [2.45, 2.75) is 12.1 Å². The van der Waals surface area contributed by atoms with Gasteiger partial charge in [-0.25, -0.2) is 0 Å². The van der Waals surface area contributed by atoms with Crippen LogP contribution in [-0.4, -0.2) is 26.4 Å². The lowest BCUT2D eigenvalue weighted by molar-refractivity contribution is -0.113. The number of carbonyl (C=O) groups is 1. The van der Waals surface area contributed by atoms with Crippen molar-refractivity contribution in [3.63, 3.8) is 0 Å². The van der Waals surface area contributed by atoms with Crippen LogP contribution in [0, 0.1) is 6.92 Å². The van der Waals surface area contributed by atoms with Gasteiger partial charge in [0.15, 0.2) is 11.0 Å². The third kappa shape index (κ3) is 4.29. The highest BCUT2D eigenvalue weighted by Gasteiger charge is 2.14. The van der Waals surface area contributed by atoms with Crippen LogP contribution in [0.1, 0.15) is 5.56 Å². The summed E-state index contributed by atoms with van der Waals surface area (Å²) in [6.07, 6.45) is 0. The Morgan fingerprint density at radius 2 is 1.88 bits per heavy atom. The summed E-state index contributed by atoms with van der Waals surface area (Å²) in [7, 11) is 1.91. The Morgan fingerprint density at radius 1 is 1.16 bits per heavy atom. The number of amides is 1. The number of hydrogen-bond donors (Lipinski definition) is 1. The smallest absolute Gasteiger partial charge is 0.234 e. The molecule has 0 saturated heterocycles. The second-order valence-corrected chi connectivity index (χ2v) is 7.38. The molecule has 3 aromatic rings. The first-order valence-corrected chi connectivity index (χ1v) is 9.46. The van der Waals surface area contributed by atoms with E-state index in [0.717, 1.165) is 27.1 Å². The zero-order valence-electron chi connectivity index (χ0n) is 13.9. The van der Waals surface area contributed by atoms with Crippen LogP contribution in [0.4, 0.5) is 5.69 Å². The van der Waals surface area contributed by atoms with E-state index in [1.807, 2.05) is 67.1 Å². The average Bonchev–Trinajstić information content (AvgIpc) is 2.96. The Balaban J connectivity index is 1.65. The van der Waals surface area contributed by atoms with Gasteiger partial charge in [-0.05, 0) is 36.8 Å². The van der Waals surface area contributed by atoms with Crippen molar-refractivity contribution in [1.82, 2.24) is 14.8 Å². The number of halogens is 1. The van der Waals surface area contributed by atoms with Crippen LogP contribution in [0.2, 0.25) is 0 Å². The minimum absolute atomic E-state index is 0.0761. The van der Waals surface area contributed by atoms with Gasteiger partial charge in [-0.1, -0.05) is 52.0 Å². The molecule has 0 unspecified atom stereocenters. The lowest BCUT2D eigenvalue weighted by atomic mass is 10.1. The Hall–Kier alpha value is -2.12. The maximum Gasteiger partial charge on any atom is 0.234 e. The molecular weight excluding hydrogens is 400 g/mol. The van der Waals surface area contributed by atoms with Crippen molar-refractivity contribution in [2.75, 3.05) is 11.1 Å². The van der Waals surface area contributed by atoms with Gasteiger partial charge in [0, 0.05) is 22.8 Å². The quantitative estimate of drug-likeness (QED) is 0.630. The summed E-state index contributed by atoms with van der Waals surface area (Å²) in [5.41, 5.74) is 2.96. The maximum absolute atomic E-state index is 12.1. The summed E-state index contributed by atoms with van der Waals surface area (Å²) in [6.45, 7) is 2.04. The number of benzene rings is 2. The van der Waals surface area contributed by atoms with Crippen molar-refractivity contribution in [2.24, 2.45) is 7.05 Å². The summed E-state index contributed by atoms with van der Waals surface area (Å²) >= 11 is 4.74. The Labute approximate surface area is 159 Å². The molecule has 0 aliphatic carbocycles. The van der Waals surface area contributed by atoms with E-state index in [-0.39, 0.29) is 11.7 Å². The number of aryl methyl sites for hydroxylation is 1. The Morgan fingerprint density at radius 3 is 2.60 bits per heavy atom. The van der Waals surface area contributed by atoms with E-state index in [9.17, 15) is 4.79 Å². The van der Waals surface area contributed by atoms with E-state index in [0.29, 0.717) is 5.16 Å². The van der Waals surface area contributed by atoms with Crippen LogP contribution in [-0.2, 0) is 11.8 Å². The zero-order chi connectivity index (χ0) is 17.8. The van der Waals surface area contributed by atoms with Crippen molar-refractivity contribution < 1.29 is 4.79 Å². The molecular formula is C18H17BrN4OS. The highest BCUT2D eigenvalue weighted by molar-refractivity contribution is 9.10. The molecule has 0 radical (unpaired) electrons. The molecule has 2 aromatic carbocycles. The molecule has 1 aromatic heterocycles. The van der Waals surface area contributed by atoms with Gasteiger partial charge in [0.05, 0.1) is 5.75 Å². The summed E-state index contributed by atoms with van der Waals surface area (Å²) in [5.74, 6) is 0.997. The number of aromatic nitrogens is 3. The SMILES string of the molecule is Cc1ccccc1-c1nnc(SCC(=O)Nc2ccc(Br)cc2)n1C. The minimum Gasteiger partial charge on any atom is -0.325 e. The Bertz CT molecular complexity index is 892. The van der Waals surface area contributed by atoms with Crippen LogP contribution >= 0.6 is 27.7 Å². The van der Waals surface area contributed by atoms with E-state index < -0.39 is 0 Å². The second-order valence-electron chi connectivity index (χ2n) is 5.52. The fourth-order valence-corrected chi connectivity index (χ4v) is 3.33. The highest BCUT2D eigenvalue weighted by atomic mass is 79.9. The molecule has 25 heavy (non-hydrogen) atoms. The molecule has 3 rings (SSSR count). The van der Waals surface area contributed by atoms with E-state index in [1.165, 1.54) is 11.8 Å². The minimum atomic E-state index is -0.0761. The van der Waals surface area contributed by atoms with Gasteiger partial charge in [-0.3, -0.25) is 4.79 Å². The van der Waals surface area contributed by atoms with Gasteiger partial charge >= 0.3 is 0 Å². The molecule has 0 aliphatic heterocycles. The first kappa shape index (κ1) is 17.7. The molecule has 1 amide bonds. The van der Waals surface area contributed by atoms with Crippen LogP contribution in [0.5, 0.6) is 0 Å². The number of hydrogen-bond acceptors (Lipinski definition) is 4. The summed E-state index contributed by atoms with van der Waals surface area (Å²) in [6, 6.07) is 15.5. The largest absolute Gasteiger partial charge is 0.325 e. The van der Waals surface area contributed by atoms with Gasteiger partial charge in [0.1, 0.15) is 0 Å². The molecule has 0 saturated carbocycles. The van der Waals surface area contributed by atoms with Crippen molar-refractivity contribution in [3.8, 4) is 11.4 Å². The standard InChI is InChI=1S/C18H17BrN4OS/c1-12-5-3-4-6-15(12)17-21-22-18(23(17)2)25-11-16(24)20-14-9-7-13(19)8-10-14/h3-10H,11H2,1-2H3,(H,20,24). The van der Waals surface area contributed by atoms with Gasteiger partial charge in [-0.15, -0.1) is 10.2 Å². The first-order valence-electron chi connectivity index (χ1n) is 7.68. The number of nitrogens with zero attached hydrogens (tertiary/aromatic N) is 3. The van der Waals surface area contributed by atoms with Crippen LogP contribution < -0.4 is 5.32 Å². The lowest BCUT2D eigenvalue weighted by Crippen LogP contribution is -2.14. The van der Waals surface area contributed by atoms with Gasteiger partial charge < -0.3 is 9.88 Å². The molecule has 7 heteroatoms. The number of thioether (sulfide) groups is 1. The molecule has 0 aliphatic rings. The molecule has 0 fully saturated rings. The number of anilines is 1. The van der Waals surface area contributed by atoms with Crippen molar-refractivity contribution in [1.29, 1.82) is 0 Å². The zero-order valence-corrected chi connectivity index (χ0v) is 16.3. The molecule has 0 spiro atoms. The molecule has 1 heterocycles. The third-order valence-electron chi connectivity index (χ3n) is 3.68. The fraction of sp³-hybridized carbons (Fsp3) is 0.167. The average molecular weight is 417 g/mol. The van der Waals surface area contributed by atoms with E-state index in [2.05, 4.69) is 31.4 Å². The van der Waals surface area contributed by atoms with Gasteiger partial charge in [0.25, 0.3) is 0 Å². The lowest BCUT2D eigenvalue weighted by Gasteiger charge is -2.07. The second kappa shape index (κ2) is 7.84. The molecule has 0 atom stereocenters. The van der Waals surface area contributed by atoms with E-state index >= 15 is 0 Å². The normalized spacial score (nSPS) is 10.7. The summed E-state index contributed by atoms with van der Waals surface area (Å²) in [4.78, 5) is 12.1. The van der Waals surface area contributed by atoms with Crippen molar-refractivity contribution in [3.05, 3.63) is 58.6 Å². The third-order valence-corrected chi connectivity index (χ3v) is 5.23. The van der Waals surface area contributed by atoms with Crippen LogP contribution in [0.25, 0.3) is 11.4 Å². The monoisotopic (exact) mass is 416 g/mol. The Kier molecular flexibility index (Phi) is 5.55. The fourth-order valence-electron chi connectivity index (χ4n) is 2.36. The summed E-state index contributed by atoms with van der Waals surface area (Å²) < 4.78 is 2.89. The van der Waals surface area contributed by atoms with Crippen LogP contribution in [0.15, 0.2) is 58.2 Å². The predicted molar refractivity (Wildman–Crippen MR) is 105 cm³/mol. The highest BCUT2D eigenvalue weighted by Crippen LogP contribution is 2.25.